The van der Waals surface area contributed by atoms with Crippen molar-refractivity contribution < 1.29 is 30.5 Å². The number of benzene rings is 1. The number of nitro groups is 1. The number of nitrogens with zero attached hydrogens (tertiary/aromatic N) is 2. The summed E-state index contributed by atoms with van der Waals surface area (Å²) in [6, 6.07) is 0. The lowest BCUT2D eigenvalue weighted by Gasteiger charge is -2.31. The van der Waals surface area contributed by atoms with Crippen LogP contribution >= 0.6 is 0 Å². The van der Waals surface area contributed by atoms with Crippen LogP contribution in [0, 0.1) is 37.8 Å². The Hall–Kier alpha value is -1.78. The van der Waals surface area contributed by atoms with E-state index in [0.717, 1.165) is 0 Å². The third-order valence-electron chi connectivity index (χ3n) is 4.90. The maximum absolute atomic E-state index is 11.3. The first-order valence-corrected chi connectivity index (χ1v) is 8.24. The van der Waals surface area contributed by atoms with Crippen molar-refractivity contribution in [2.45, 2.75) is 52.1 Å². The van der Waals surface area contributed by atoms with Crippen LogP contribution in [0.1, 0.15) is 22.3 Å². The number of likely N-dealkylation sites (N-methyl/N-ethyl adjacent to an activating group) is 1. The van der Waals surface area contributed by atoms with Crippen LogP contribution in [0.3, 0.4) is 0 Å². The highest BCUT2D eigenvalue weighted by Gasteiger charge is 2.32. The molecule has 5 N–H and O–H groups in total. The second-order valence-electron chi connectivity index (χ2n) is 6.63. The van der Waals surface area contributed by atoms with Crippen LogP contribution in [0.5, 0.6) is 0 Å². The molecular weight excluding hydrogens is 344 g/mol. The number of hydrogen-bond acceptors (Lipinski definition) is 8. The van der Waals surface area contributed by atoms with E-state index in [1.165, 1.54) is 0 Å². The van der Waals surface area contributed by atoms with E-state index in [0.29, 0.717) is 27.9 Å². The molecule has 148 valence electrons. The SMILES string of the molecule is Cc1c(C)c([N+](=O)[O-])c(C)c(C)c1N(C)CC(O)C(O)C(O)C(O)CO. The van der Waals surface area contributed by atoms with Crippen molar-refractivity contribution >= 4 is 11.4 Å². The Morgan fingerprint density at radius 2 is 1.35 bits per heavy atom. The van der Waals surface area contributed by atoms with Gasteiger partial charge in [-0.05, 0) is 38.8 Å². The molecule has 0 saturated carbocycles. The summed E-state index contributed by atoms with van der Waals surface area (Å²) in [6.07, 6.45) is -6.35. The van der Waals surface area contributed by atoms with Crippen molar-refractivity contribution in [3.63, 3.8) is 0 Å². The van der Waals surface area contributed by atoms with Crippen LogP contribution in [0.15, 0.2) is 0 Å². The second-order valence-corrected chi connectivity index (χ2v) is 6.63. The summed E-state index contributed by atoms with van der Waals surface area (Å²) < 4.78 is 0. The van der Waals surface area contributed by atoms with Gasteiger partial charge in [0.1, 0.15) is 18.3 Å². The molecule has 0 amide bonds. The van der Waals surface area contributed by atoms with E-state index < -0.39 is 35.9 Å². The van der Waals surface area contributed by atoms with Crippen molar-refractivity contribution in [2.75, 3.05) is 25.1 Å². The van der Waals surface area contributed by atoms with Gasteiger partial charge >= 0.3 is 0 Å². The van der Waals surface area contributed by atoms with E-state index in [2.05, 4.69) is 0 Å². The Kier molecular flexibility index (Phi) is 7.48. The first-order chi connectivity index (χ1) is 11.9. The van der Waals surface area contributed by atoms with Gasteiger partial charge in [-0.1, -0.05) is 0 Å². The lowest BCUT2D eigenvalue weighted by Crippen LogP contribution is -2.49. The molecule has 0 fully saturated rings. The van der Waals surface area contributed by atoms with Crippen LogP contribution in [0.4, 0.5) is 11.4 Å². The number of nitro benzene ring substituents is 1. The molecule has 0 saturated heterocycles. The van der Waals surface area contributed by atoms with Crippen LogP contribution < -0.4 is 4.90 Å². The molecule has 0 heterocycles. The monoisotopic (exact) mass is 372 g/mol. The minimum atomic E-state index is -1.70. The Balaban J connectivity index is 3.15. The Labute approximate surface area is 152 Å². The zero-order valence-electron chi connectivity index (χ0n) is 15.7. The third kappa shape index (κ3) is 4.30. The quantitative estimate of drug-likeness (QED) is 0.309. The maximum atomic E-state index is 11.3. The van der Waals surface area contributed by atoms with Crippen molar-refractivity contribution in [1.29, 1.82) is 0 Å². The first-order valence-electron chi connectivity index (χ1n) is 8.24. The summed E-state index contributed by atoms with van der Waals surface area (Å²) in [5.74, 6) is 0. The largest absolute Gasteiger partial charge is 0.394 e. The summed E-state index contributed by atoms with van der Waals surface area (Å²) in [5, 5.41) is 59.4. The molecule has 1 aromatic rings. The summed E-state index contributed by atoms with van der Waals surface area (Å²) in [6.45, 7) is 5.96. The van der Waals surface area contributed by atoms with Crippen molar-refractivity contribution in [3.8, 4) is 0 Å². The smallest absolute Gasteiger partial charge is 0.275 e. The van der Waals surface area contributed by atoms with Crippen molar-refractivity contribution in [1.82, 2.24) is 0 Å². The van der Waals surface area contributed by atoms with Crippen molar-refractivity contribution in [3.05, 3.63) is 32.4 Å². The topological polar surface area (TPSA) is 148 Å². The van der Waals surface area contributed by atoms with Gasteiger partial charge in [-0.25, -0.2) is 0 Å². The lowest BCUT2D eigenvalue weighted by molar-refractivity contribution is -0.386. The lowest BCUT2D eigenvalue weighted by atomic mass is 9.95. The predicted molar refractivity (Wildman–Crippen MR) is 96.4 cm³/mol. The summed E-state index contributed by atoms with van der Waals surface area (Å²) in [4.78, 5) is 12.5. The molecular formula is C17H28N2O7. The first kappa shape index (κ1) is 22.3. The molecule has 0 aliphatic carbocycles. The molecule has 0 aromatic heterocycles. The van der Waals surface area contributed by atoms with Gasteiger partial charge in [0.15, 0.2) is 0 Å². The predicted octanol–water partition coefficient (Wildman–Crippen LogP) is -0.299. The highest BCUT2D eigenvalue weighted by atomic mass is 16.6. The average molecular weight is 372 g/mol. The Morgan fingerprint density at radius 1 is 0.923 bits per heavy atom. The number of anilines is 1. The van der Waals surface area contributed by atoms with Crippen LogP contribution in [-0.2, 0) is 0 Å². The molecule has 4 atom stereocenters. The number of aliphatic hydroxyl groups excluding tert-OH is 5. The third-order valence-corrected chi connectivity index (χ3v) is 4.90. The van der Waals surface area contributed by atoms with E-state index in [4.69, 9.17) is 5.11 Å². The molecule has 0 aliphatic rings. The highest BCUT2D eigenvalue weighted by Crippen LogP contribution is 2.37. The Morgan fingerprint density at radius 3 is 1.73 bits per heavy atom. The fourth-order valence-corrected chi connectivity index (χ4v) is 3.16. The van der Waals surface area contributed by atoms with E-state index in [1.54, 1.807) is 39.6 Å². The molecule has 0 bridgehead atoms. The van der Waals surface area contributed by atoms with Gasteiger partial charge < -0.3 is 30.4 Å². The number of hydrogen-bond donors (Lipinski definition) is 5. The fourth-order valence-electron chi connectivity index (χ4n) is 3.16. The zero-order chi connectivity index (χ0) is 20.3. The fraction of sp³-hybridized carbons (Fsp3) is 0.647. The summed E-state index contributed by atoms with van der Waals surface area (Å²) in [5.41, 5.74) is 3.14. The van der Waals surface area contributed by atoms with Crippen LogP contribution in [0.25, 0.3) is 0 Å². The van der Waals surface area contributed by atoms with E-state index >= 15 is 0 Å². The van der Waals surface area contributed by atoms with E-state index in [9.17, 15) is 30.5 Å². The molecule has 26 heavy (non-hydrogen) atoms. The van der Waals surface area contributed by atoms with Gasteiger partial charge in [-0.2, -0.15) is 0 Å². The second kappa shape index (κ2) is 8.74. The molecule has 4 unspecified atom stereocenters. The molecule has 9 nitrogen and oxygen atoms in total. The number of aliphatic hydroxyl groups is 5. The summed E-state index contributed by atoms with van der Waals surface area (Å²) in [7, 11) is 1.66. The Bertz CT molecular complexity index is 636. The minimum Gasteiger partial charge on any atom is -0.394 e. The van der Waals surface area contributed by atoms with Gasteiger partial charge in [0, 0.05) is 30.4 Å². The van der Waals surface area contributed by atoms with E-state index in [-0.39, 0.29) is 12.2 Å². The van der Waals surface area contributed by atoms with Gasteiger partial charge in [-0.3, -0.25) is 10.1 Å². The zero-order valence-corrected chi connectivity index (χ0v) is 15.7. The molecule has 9 heteroatoms. The maximum Gasteiger partial charge on any atom is 0.275 e. The molecule has 0 aliphatic heterocycles. The van der Waals surface area contributed by atoms with Crippen LogP contribution in [-0.4, -0.2) is 75.1 Å². The normalized spacial score (nSPS) is 16.1. The molecule has 0 radical (unpaired) electrons. The minimum absolute atomic E-state index is 0.0548. The standard InChI is InChI=1S/C17H28N2O7/c1-8-10(3)15(19(25)26)11(4)9(2)14(8)18(5)6-12(21)16(23)17(24)13(22)7-20/h12-13,16-17,20-24H,6-7H2,1-5H3. The average Bonchev–Trinajstić information content (AvgIpc) is 2.57. The summed E-state index contributed by atoms with van der Waals surface area (Å²) >= 11 is 0. The molecule has 1 rings (SSSR count). The van der Waals surface area contributed by atoms with Crippen molar-refractivity contribution in [2.24, 2.45) is 0 Å². The van der Waals surface area contributed by atoms with E-state index in [1.807, 2.05) is 0 Å². The molecule has 0 spiro atoms. The van der Waals surface area contributed by atoms with Gasteiger partial charge in [0.2, 0.25) is 0 Å². The van der Waals surface area contributed by atoms with Gasteiger partial charge in [-0.15, -0.1) is 0 Å². The van der Waals surface area contributed by atoms with Gasteiger partial charge in [0.25, 0.3) is 5.69 Å². The highest BCUT2D eigenvalue weighted by molar-refractivity contribution is 5.70. The number of rotatable bonds is 8. The van der Waals surface area contributed by atoms with Gasteiger partial charge in [0.05, 0.1) is 17.6 Å². The molecule has 1 aromatic carbocycles. The van der Waals surface area contributed by atoms with Crippen LogP contribution in [0.2, 0.25) is 0 Å².